The summed E-state index contributed by atoms with van der Waals surface area (Å²) in [6.07, 6.45) is 10.6. The van der Waals surface area contributed by atoms with Gasteiger partial charge >= 0.3 is 188 Å². The summed E-state index contributed by atoms with van der Waals surface area (Å²) in [5.41, 5.74) is 7.71. The van der Waals surface area contributed by atoms with Crippen molar-refractivity contribution in [3.8, 4) is 0 Å². The second-order valence-electron chi connectivity index (χ2n) is 8.71. The van der Waals surface area contributed by atoms with Crippen molar-refractivity contribution in [2.45, 2.75) is 84.9 Å². The first-order chi connectivity index (χ1) is 14.6. The predicted octanol–water partition coefficient (Wildman–Crippen LogP) is 5.95. The predicted molar refractivity (Wildman–Crippen MR) is 131 cm³/mol. The van der Waals surface area contributed by atoms with Crippen molar-refractivity contribution in [3.05, 3.63) is 59.9 Å². The first kappa shape index (κ1) is 24.9. The molecule has 0 aliphatic carbocycles. The summed E-state index contributed by atoms with van der Waals surface area (Å²) in [6.45, 7) is 6.91. The molecule has 0 spiro atoms. The Hall–Kier alpha value is -1.36. The van der Waals surface area contributed by atoms with Gasteiger partial charge in [-0.3, -0.25) is 0 Å². The van der Waals surface area contributed by atoms with Gasteiger partial charge < -0.3 is 0 Å². The topological polar surface area (TPSA) is 56.0 Å². The van der Waals surface area contributed by atoms with Crippen molar-refractivity contribution >= 4 is 27.9 Å². The van der Waals surface area contributed by atoms with Crippen LogP contribution in [0.2, 0.25) is 13.3 Å². The Morgan fingerprint density at radius 3 is 1.90 bits per heavy atom. The number of rotatable bonds is 14. The van der Waals surface area contributed by atoms with E-state index < -0.39 is 18.4 Å². The molecule has 2 N–H and O–H groups in total. The number of aromatic nitrogens is 1. The minimum absolute atomic E-state index is 0.295. The molecule has 1 amide bonds. The van der Waals surface area contributed by atoms with Gasteiger partial charge in [-0.2, -0.15) is 0 Å². The molecule has 0 aliphatic heterocycles. The summed E-state index contributed by atoms with van der Waals surface area (Å²) < 4.78 is 5.83. The molecule has 1 atom stereocenters. The molecule has 0 aliphatic rings. The first-order valence-corrected chi connectivity index (χ1v) is 19.3. The van der Waals surface area contributed by atoms with E-state index in [1.165, 1.54) is 51.8 Å². The van der Waals surface area contributed by atoms with Crippen molar-refractivity contribution in [2.24, 2.45) is 5.73 Å². The number of hydrogen-bond donors (Lipinski definition) is 1. The molecule has 0 saturated heterocycles. The molecule has 164 valence electrons. The Morgan fingerprint density at radius 2 is 1.47 bits per heavy atom. The first-order valence-electron chi connectivity index (χ1n) is 11.9. The van der Waals surface area contributed by atoms with E-state index in [1.54, 1.807) is 3.58 Å². The van der Waals surface area contributed by atoms with Crippen LogP contribution < -0.4 is 9.31 Å². The molecule has 2 aromatic rings. The van der Waals surface area contributed by atoms with E-state index in [0.717, 1.165) is 11.3 Å². The SMILES string of the molecule is CCC[CH2][Sn]([CH2]CCC)([CH2]CCC)[c]1ccc(C(Cc2ccccc2)C(N)=O)nc1. The number of nitrogens with zero attached hydrogens (tertiary/aromatic N) is 1. The molecule has 0 bridgehead atoms. The van der Waals surface area contributed by atoms with E-state index in [-0.39, 0.29) is 11.8 Å². The van der Waals surface area contributed by atoms with Gasteiger partial charge in [0.2, 0.25) is 0 Å². The van der Waals surface area contributed by atoms with Crippen LogP contribution in [0.3, 0.4) is 0 Å². The van der Waals surface area contributed by atoms with E-state index >= 15 is 0 Å². The van der Waals surface area contributed by atoms with E-state index in [2.05, 4.69) is 39.1 Å². The summed E-state index contributed by atoms with van der Waals surface area (Å²) in [5, 5.41) is 0. The molecular formula is C26H40N2OSn. The third-order valence-corrected chi connectivity index (χ3v) is 22.0. The Morgan fingerprint density at radius 1 is 0.900 bits per heavy atom. The zero-order valence-electron chi connectivity index (χ0n) is 19.2. The molecule has 1 unspecified atom stereocenters. The maximum absolute atomic E-state index is 12.2. The molecule has 0 saturated carbocycles. The van der Waals surface area contributed by atoms with E-state index in [9.17, 15) is 4.79 Å². The number of amides is 1. The molecule has 0 radical (unpaired) electrons. The zero-order valence-corrected chi connectivity index (χ0v) is 22.1. The van der Waals surface area contributed by atoms with Crippen LogP contribution in [-0.4, -0.2) is 29.3 Å². The minimum atomic E-state index is -2.48. The second kappa shape index (κ2) is 13.1. The second-order valence-corrected chi connectivity index (χ2v) is 21.9. The van der Waals surface area contributed by atoms with Crippen LogP contribution in [0.15, 0.2) is 48.7 Å². The number of pyridine rings is 1. The standard InChI is InChI=1S/C14H13N2O.3C4H9.Sn/c15-14(17)12(13-8-4-5-9-16-13)10-11-6-2-1-3-7-11;3*1-3-4-2;/h1-4,6-9,12H,10H2,(H2,15,17);3*1,3-4H2,2H3;. The van der Waals surface area contributed by atoms with Crippen molar-refractivity contribution < 1.29 is 4.79 Å². The van der Waals surface area contributed by atoms with Crippen LogP contribution >= 0.6 is 0 Å². The average molecular weight is 515 g/mol. The van der Waals surface area contributed by atoms with Crippen LogP contribution in [0.4, 0.5) is 0 Å². The third kappa shape index (κ3) is 7.11. The Bertz CT molecular complexity index is 724. The van der Waals surface area contributed by atoms with Crippen molar-refractivity contribution in [2.75, 3.05) is 0 Å². The van der Waals surface area contributed by atoms with Crippen LogP contribution in [-0.2, 0) is 11.2 Å². The third-order valence-electron chi connectivity index (χ3n) is 6.41. The van der Waals surface area contributed by atoms with Gasteiger partial charge in [0.1, 0.15) is 0 Å². The number of benzene rings is 1. The number of carbonyl (C=O) groups excluding carboxylic acids is 1. The van der Waals surface area contributed by atoms with Crippen LogP contribution in [0.25, 0.3) is 0 Å². The van der Waals surface area contributed by atoms with Gasteiger partial charge in [0.05, 0.1) is 0 Å². The fourth-order valence-electron chi connectivity index (χ4n) is 4.48. The molecule has 0 fully saturated rings. The summed E-state index contributed by atoms with van der Waals surface area (Å²) in [6, 6.07) is 14.5. The molecule has 30 heavy (non-hydrogen) atoms. The Labute approximate surface area is 187 Å². The monoisotopic (exact) mass is 516 g/mol. The maximum atomic E-state index is 12.2. The van der Waals surface area contributed by atoms with E-state index in [4.69, 9.17) is 10.7 Å². The van der Waals surface area contributed by atoms with E-state index in [1.807, 2.05) is 30.3 Å². The quantitative estimate of drug-likeness (QED) is 0.316. The number of primary amides is 1. The van der Waals surface area contributed by atoms with Crippen molar-refractivity contribution in [3.63, 3.8) is 0 Å². The Balaban J connectivity index is 2.31. The van der Waals surface area contributed by atoms with E-state index in [0.29, 0.717) is 6.42 Å². The summed E-state index contributed by atoms with van der Waals surface area (Å²) >= 11 is -2.48. The number of hydrogen-bond acceptors (Lipinski definition) is 2. The van der Waals surface area contributed by atoms with Gasteiger partial charge in [-0.25, -0.2) is 0 Å². The van der Waals surface area contributed by atoms with Crippen molar-refractivity contribution in [1.82, 2.24) is 4.98 Å². The van der Waals surface area contributed by atoms with Crippen molar-refractivity contribution in [1.29, 1.82) is 0 Å². The zero-order chi connectivity index (χ0) is 21.8. The van der Waals surface area contributed by atoms with Gasteiger partial charge in [-0.05, 0) is 0 Å². The Kier molecular flexibility index (Phi) is 10.9. The molecule has 1 heterocycles. The summed E-state index contributed by atoms with van der Waals surface area (Å²) in [5.74, 6) is -0.662. The fourth-order valence-corrected chi connectivity index (χ4v) is 20.1. The molecule has 1 aromatic carbocycles. The molecular weight excluding hydrogens is 475 g/mol. The molecule has 1 aromatic heterocycles. The van der Waals surface area contributed by atoms with Gasteiger partial charge in [0.25, 0.3) is 0 Å². The van der Waals surface area contributed by atoms with Gasteiger partial charge in [0.15, 0.2) is 0 Å². The van der Waals surface area contributed by atoms with Crippen LogP contribution in [0.5, 0.6) is 0 Å². The van der Waals surface area contributed by atoms with Gasteiger partial charge in [0, 0.05) is 0 Å². The molecule has 2 rings (SSSR count). The number of carbonyl (C=O) groups is 1. The van der Waals surface area contributed by atoms with Gasteiger partial charge in [-0.1, -0.05) is 0 Å². The number of nitrogens with two attached hydrogens (primary N) is 1. The van der Waals surface area contributed by atoms with Crippen LogP contribution in [0.1, 0.15) is 76.5 Å². The van der Waals surface area contributed by atoms with Crippen LogP contribution in [0, 0.1) is 0 Å². The molecule has 4 heteroatoms. The van der Waals surface area contributed by atoms with Gasteiger partial charge in [-0.15, -0.1) is 0 Å². The molecule has 3 nitrogen and oxygen atoms in total. The summed E-state index contributed by atoms with van der Waals surface area (Å²) in [7, 11) is 0. The number of unbranched alkanes of at least 4 members (excludes halogenated alkanes) is 3. The average Bonchev–Trinajstić information content (AvgIpc) is 2.78. The normalized spacial score (nSPS) is 12.6. The fraction of sp³-hybridized carbons (Fsp3) is 0.538. The summed E-state index contributed by atoms with van der Waals surface area (Å²) in [4.78, 5) is 17.0.